The maximum Gasteiger partial charge on any atom is 0.163 e. The van der Waals surface area contributed by atoms with Crippen molar-refractivity contribution < 1.29 is 29.6 Å². The van der Waals surface area contributed by atoms with Gasteiger partial charge in [-0.25, -0.2) is 0 Å². The standard InChI is InChI=1S/C13H25NO6/c1-4-9(16)8(14-3)6-19-13-7(2)11(17)12(18)10(5-15)20-13/h7-8,10-15,17-18H,4-6H2,1-3H3/t7?,8-,10?,11+,12-,13-/m0/s1. The molecule has 1 rings (SSSR count). The van der Waals surface area contributed by atoms with Crippen LogP contribution in [-0.4, -0.2) is 72.0 Å². The van der Waals surface area contributed by atoms with Crippen LogP contribution in [0.1, 0.15) is 20.3 Å². The Balaban J connectivity index is 2.59. The molecule has 1 aliphatic heterocycles. The Morgan fingerprint density at radius 1 is 1.40 bits per heavy atom. The summed E-state index contributed by atoms with van der Waals surface area (Å²) in [5.41, 5.74) is 0. The van der Waals surface area contributed by atoms with Crippen molar-refractivity contribution in [3.8, 4) is 0 Å². The molecule has 0 aromatic rings. The van der Waals surface area contributed by atoms with Gasteiger partial charge in [0.15, 0.2) is 12.1 Å². The minimum Gasteiger partial charge on any atom is -0.394 e. The van der Waals surface area contributed by atoms with E-state index in [1.54, 1.807) is 20.9 Å². The molecule has 6 atom stereocenters. The Morgan fingerprint density at radius 2 is 2.05 bits per heavy atom. The van der Waals surface area contributed by atoms with E-state index >= 15 is 0 Å². The Kier molecular flexibility index (Phi) is 7.01. The molecule has 2 unspecified atom stereocenters. The van der Waals surface area contributed by atoms with Crippen LogP contribution in [0.2, 0.25) is 0 Å². The fraction of sp³-hybridized carbons (Fsp3) is 0.923. The van der Waals surface area contributed by atoms with Gasteiger partial charge in [-0.15, -0.1) is 0 Å². The highest BCUT2D eigenvalue weighted by Crippen LogP contribution is 2.26. The number of ketones is 1. The lowest BCUT2D eigenvalue weighted by Crippen LogP contribution is -2.56. The van der Waals surface area contributed by atoms with Gasteiger partial charge in [0.1, 0.15) is 12.2 Å². The van der Waals surface area contributed by atoms with E-state index in [1.165, 1.54) is 0 Å². The third-order valence-electron chi connectivity index (χ3n) is 3.70. The molecule has 7 heteroatoms. The first-order chi connectivity index (χ1) is 9.46. The van der Waals surface area contributed by atoms with Crippen LogP contribution in [0.15, 0.2) is 0 Å². The second kappa shape index (κ2) is 8.02. The molecule has 0 amide bonds. The predicted octanol–water partition coefficient (Wildman–Crippen LogP) is -1.35. The molecule has 0 radical (unpaired) electrons. The summed E-state index contributed by atoms with van der Waals surface area (Å²) in [6, 6.07) is -0.438. The molecular weight excluding hydrogens is 266 g/mol. The van der Waals surface area contributed by atoms with Gasteiger partial charge < -0.3 is 30.1 Å². The molecule has 0 saturated carbocycles. The van der Waals surface area contributed by atoms with Crippen LogP contribution >= 0.6 is 0 Å². The van der Waals surface area contributed by atoms with E-state index in [0.29, 0.717) is 6.42 Å². The summed E-state index contributed by atoms with van der Waals surface area (Å²) in [5.74, 6) is -0.433. The average Bonchev–Trinajstić information content (AvgIpc) is 2.47. The molecule has 1 aliphatic rings. The zero-order chi connectivity index (χ0) is 15.3. The van der Waals surface area contributed by atoms with Crippen molar-refractivity contribution in [3.05, 3.63) is 0 Å². The van der Waals surface area contributed by atoms with Crippen LogP contribution in [0, 0.1) is 5.92 Å². The summed E-state index contributed by atoms with van der Waals surface area (Å²) in [5, 5.41) is 31.6. The molecule has 4 N–H and O–H groups in total. The van der Waals surface area contributed by atoms with E-state index < -0.39 is 43.2 Å². The van der Waals surface area contributed by atoms with Crippen LogP contribution in [0.4, 0.5) is 0 Å². The molecule has 0 bridgehead atoms. The lowest BCUT2D eigenvalue weighted by atomic mass is 9.92. The highest BCUT2D eigenvalue weighted by atomic mass is 16.7. The van der Waals surface area contributed by atoms with Crippen LogP contribution in [0.5, 0.6) is 0 Å². The van der Waals surface area contributed by atoms with Gasteiger partial charge in [-0.2, -0.15) is 0 Å². The maximum atomic E-state index is 11.6. The number of hydrogen-bond donors (Lipinski definition) is 4. The second-order valence-corrected chi connectivity index (χ2v) is 5.06. The highest BCUT2D eigenvalue weighted by Gasteiger charge is 2.42. The first-order valence-corrected chi connectivity index (χ1v) is 6.90. The number of hydrogen-bond acceptors (Lipinski definition) is 7. The van der Waals surface area contributed by atoms with E-state index in [4.69, 9.17) is 14.6 Å². The summed E-state index contributed by atoms with van der Waals surface area (Å²) >= 11 is 0. The summed E-state index contributed by atoms with van der Waals surface area (Å²) in [7, 11) is 1.67. The number of aliphatic hydroxyl groups is 3. The zero-order valence-corrected chi connectivity index (χ0v) is 12.2. The van der Waals surface area contributed by atoms with Crippen molar-refractivity contribution in [2.75, 3.05) is 20.3 Å². The summed E-state index contributed by atoms with van der Waals surface area (Å²) in [6.45, 7) is 3.16. The van der Waals surface area contributed by atoms with Crippen molar-refractivity contribution in [1.82, 2.24) is 5.32 Å². The van der Waals surface area contributed by atoms with Gasteiger partial charge in [0.2, 0.25) is 0 Å². The van der Waals surface area contributed by atoms with Gasteiger partial charge in [0.25, 0.3) is 0 Å². The fourth-order valence-electron chi connectivity index (χ4n) is 2.19. The lowest BCUT2D eigenvalue weighted by molar-refractivity contribution is -0.283. The van der Waals surface area contributed by atoms with Crippen molar-refractivity contribution >= 4 is 5.78 Å². The molecule has 1 fully saturated rings. The van der Waals surface area contributed by atoms with Gasteiger partial charge in [-0.05, 0) is 7.05 Å². The Labute approximate surface area is 118 Å². The van der Waals surface area contributed by atoms with Crippen LogP contribution in [-0.2, 0) is 14.3 Å². The predicted molar refractivity (Wildman–Crippen MR) is 71.0 cm³/mol. The smallest absolute Gasteiger partial charge is 0.163 e. The van der Waals surface area contributed by atoms with Crippen molar-refractivity contribution in [2.24, 2.45) is 5.92 Å². The topological polar surface area (TPSA) is 108 Å². The van der Waals surface area contributed by atoms with E-state index in [9.17, 15) is 15.0 Å². The summed E-state index contributed by atoms with van der Waals surface area (Å²) in [4.78, 5) is 11.6. The van der Waals surface area contributed by atoms with Crippen LogP contribution < -0.4 is 5.32 Å². The summed E-state index contributed by atoms with van der Waals surface area (Å²) < 4.78 is 11.0. The third kappa shape index (κ3) is 3.97. The molecule has 7 nitrogen and oxygen atoms in total. The number of rotatable bonds is 7. The number of nitrogens with one attached hydrogen (secondary N) is 1. The van der Waals surface area contributed by atoms with E-state index in [-0.39, 0.29) is 12.4 Å². The van der Waals surface area contributed by atoms with Gasteiger partial charge in [0, 0.05) is 12.3 Å². The molecule has 0 aromatic heterocycles. The lowest BCUT2D eigenvalue weighted by Gasteiger charge is -2.41. The average molecular weight is 291 g/mol. The third-order valence-corrected chi connectivity index (χ3v) is 3.70. The monoisotopic (exact) mass is 291 g/mol. The number of Topliss-reactive ketones (excluding diaryl/α,β-unsaturated/α-hetero) is 1. The number of aliphatic hydroxyl groups excluding tert-OH is 3. The minimum atomic E-state index is -1.15. The quantitative estimate of drug-likeness (QED) is 0.459. The van der Waals surface area contributed by atoms with Crippen molar-refractivity contribution in [2.45, 2.75) is 50.9 Å². The Morgan fingerprint density at radius 3 is 2.55 bits per heavy atom. The zero-order valence-electron chi connectivity index (χ0n) is 12.2. The van der Waals surface area contributed by atoms with Gasteiger partial charge >= 0.3 is 0 Å². The number of ether oxygens (including phenoxy) is 2. The summed E-state index contributed by atoms with van der Waals surface area (Å²) in [6.07, 6.45) is -3.45. The number of carbonyl (C=O) groups excluding carboxylic acids is 1. The fourth-order valence-corrected chi connectivity index (χ4v) is 2.19. The number of carbonyl (C=O) groups is 1. The number of likely N-dealkylation sites (N-methyl/N-ethyl adjacent to an activating group) is 1. The molecule has 20 heavy (non-hydrogen) atoms. The van der Waals surface area contributed by atoms with Gasteiger partial charge in [-0.3, -0.25) is 4.79 Å². The molecule has 1 saturated heterocycles. The van der Waals surface area contributed by atoms with Gasteiger partial charge in [-0.1, -0.05) is 13.8 Å². The van der Waals surface area contributed by atoms with E-state index in [0.717, 1.165) is 0 Å². The van der Waals surface area contributed by atoms with Gasteiger partial charge in [0.05, 0.1) is 25.4 Å². The SMILES string of the molecule is CCC(=O)[C@H](CO[C@H]1OC(CO)[C@H](O)[C@H](O)C1C)NC. The molecular formula is C13H25NO6. The van der Waals surface area contributed by atoms with Crippen molar-refractivity contribution in [3.63, 3.8) is 0 Å². The Bertz CT molecular complexity index is 311. The Hall–Kier alpha value is -0.570. The highest BCUT2D eigenvalue weighted by molar-refractivity contribution is 5.83. The maximum absolute atomic E-state index is 11.6. The largest absolute Gasteiger partial charge is 0.394 e. The first-order valence-electron chi connectivity index (χ1n) is 6.90. The van der Waals surface area contributed by atoms with Crippen LogP contribution in [0.3, 0.4) is 0 Å². The molecule has 118 valence electrons. The normalized spacial score (nSPS) is 35.8. The van der Waals surface area contributed by atoms with E-state index in [1.807, 2.05) is 0 Å². The molecule has 1 heterocycles. The van der Waals surface area contributed by atoms with E-state index in [2.05, 4.69) is 5.32 Å². The molecule has 0 aromatic carbocycles. The second-order valence-electron chi connectivity index (χ2n) is 5.06. The minimum absolute atomic E-state index is 0.0234. The molecule has 0 aliphatic carbocycles. The van der Waals surface area contributed by atoms with Crippen LogP contribution in [0.25, 0.3) is 0 Å². The first kappa shape index (κ1) is 17.5. The van der Waals surface area contributed by atoms with Crippen molar-refractivity contribution in [1.29, 1.82) is 0 Å². The molecule has 0 spiro atoms.